The molecule has 2 heterocycles. The fourth-order valence-electron chi connectivity index (χ4n) is 1.27. The molecule has 2 aromatic rings. The van der Waals surface area contributed by atoms with Crippen molar-refractivity contribution in [2.45, 2.75) is 6.42 Å². The summed E-state index contributed by atoms with van der Waals surface area (Å²) in [5.74, 6) is -2.35. The van der Waals surface area contributed by atoms with Gasteiger partial charge in [0.15, 0.2) is 17.5 Å². The van der Waals surface area contributed by atoms with E-state index < -0.39 is 11.6 Å². The minimum absolute atomic E-state index is 0.263. The van der Waals surface area contributed by atoms with Crippen LogP contribution in [0.4, 0.5) is 14.6 Å². The van der Waals surface area contributed by atoms with Gasteiger partial charge in [0.25, 0.3) is 5.88 Å². The molecule has 2 aromatic heterocycles. The van der Waals surface area contributed by atoms with Gasteiger partial charge in [0.1, 0.15) is 0 Å². The lowest BCUT2D eigenvalue weighted by molar-refractivity contribution is 0.292. The van der Waals surface area contributed by atoms with E-state index in [4.69, 9.17) is 10.5 Å². The Bertz CT molecular complexity index is 502. The maximum absolute atomic E-state index is 13.2. The molecule has 0 aliphatic rings. The maximum Gasteiger partial charge on any atom is 0.252 e. The second-order valence-corrected chi connectivity index (χ2v) is 4.35. The lowest BCUT2D eigenvalue weighted by Gasteiger charge is -2.06. The first kappa shape index (κ1) is 11.8. The van der Waals surface area contributed by atoms with Crippen LogP contribution in [0.3, 0.4) is 0 Å². The highest BCUT2D eigenvalue weighted by Crippen LogP contribution is 2.19. The topological polar surface area (TPSA) is 48.1 Å². The summed E-state index contributed by atoms with van der Waals surface area (Å²) in [6.07, 6.45) is 0.649. The fourth-order valence-corrected chi connectivity index (χ4v) is 1.96. The molecule has 0 aliphatic heterocycles. The van der Waals surface area contributed by atoms with Gasteiger partial charge >= 0.3 is 0 Å². The predicted octanol–water partition coefficient (Wildman–Crippen LogP) is 2.63. The van der Waals surface area contributed by atoms with Crippen LogP contribution in [0.15, 0.2) is 23.6 Å². The number of nitrogen functional groups attached to an aromatic ring is 1. The van der Waals surface area contributed by atoms with Crippen molar-refractivity contribution in [3.63, 3.8) is 0 Å². The third kappa shape index (κ3) is 2.91. The Morgan fingerprint density at radius 1 is 1.35 bits per heavy atom. The van der Waals surface area contributed by atoms with Gasteiger partial charge < -0.3 is 10.5 Å². The number of anilines is 1. The zero-order valence-corrected chi connectivity index (χ0v) is 9.64. The molecule has 0 unspecified atom stereocenters. The first-order valence-corrected chi connectivity index (χ1v) is 5.81. The van der Waals surface area contributed by atoms with Crippen LogP contribution in [0.25, 0.3) is 0 Å². The molecule has 0 amide bonds. The van der Waals surface area contributed by atoms with E-state index in [1.54, 1.807) is 11.3 Å². The molecule has 0 saturated carbocycles. The molecule has 0 fully saturated rings. The number of hydrogen-bond acceptors (Lipinski definition) is 4. The number of hydrogen-bond donors (Lipinski definition) is 1. The molecule has 3 nitrogen and oxygen atoms in total. The van der Waals surface area contributed by atoms with Crippen LogP contribution in [0.1, 0.15) is 4.88 Å². The quantitative estimate of drug-likeness (QED) is 0.914. The van der Waals surface area contributed by atoms with Crippen molar-refractivity contribution in [2.24, 2.45) is 0 Å². The molecule has 0 radical (unpaired) electrons. The highest BCUT2D eigenvalue weighted by Gasteiger charge is 2.10. The van der Waals surface area contributed by atoms with Crippen LogP contribution < -0.4 is 10.5 Å². The third-order valence-corrected chi connectivity index (χ3v) is 3.03. The SMILES string of the molecule is Nc1nc(OCCc2cccs2)c(F)cc1F. The summed E-state index contributed by atoms with van der Waals surface area (Å²) in [6.45, 7) is 0.273. The summed E-state index contributed by atoms with van der Waals surface area (Å²) in [5.41, 5.74) is 5.23. The molecular weight excluding hydrogens is 246 g/mol. The Kier molecular flexibility index (Phi) is 3.53. The van der Waals surface area contributed by atoms with Crippen molar-refractivity contribution < 1.29 is 13.5 Å². The van der Waals surface area contributed by atoms with Gasteiger partial charge in [0, 0.05) is 17.4 Å². The molecule has 2 N–H and O–H groups in total. The summed E-state index contributed by atoms with van der Waals surface area (Å²) in [4.78, 5) is 4.63. The third-order valence-electron chi connectivity index (χ3n) is 2.09. The lowest BCUT2D eigenvalue weighted by Crippen LogP contribution is -2.06. The average Bonchev–Trinajstić information content (AvgIpc) is 2.78. The summed E-state index contributed by atoms with van der Waals surface area (Å²) in [5, 5.41) is 1.95. The van der Waals surface area contributed by atoms with E-state index in [1.807, 2.05) is 17.5 Å². The Morgan fingerprint density at radius 3 is 2.88 bits per heavy atom. The molecule has 6 heteroatoms. The van der Waals surface area contributed by atoms with E-state index in [-0.39, 0.29) is 18.3 Å². The molecule has 2 rings (SSSR count). The van der Waals surface area contributed by atoms with Gasteiger partial charge in [0.05, 0.1) is 6.61 Å². The zero-order valence-electron chi connectivity index (χ0n) is 8.82. The molecule has 0 saturated heterocycles. The van der Waals surface area contributed by atoms with Crippen molar-refractivity contribution in [3.8, 4) is 5.88 Å². The smallest absolute Gasteiger partial charge is 0.252 e. The summed E-state index contributed by atoms with van der Waals surface area (Å²) in [7, 11) is 0. The van der Waals surface area contributed by atoms with Crippen LogP contribution in [0, 0.1) is 11.6 Å². The summed E-state index contributed by atoms with van der Waals surface area (Å²) >= 11 is 1.59. The first-order valence-electron chi connectivity index (χ1n) is 4.93. The van der Waals surface area contributed by atoms with E-state index >= 15 is 0 Å². The highest BCUT2D eigenvalue weighted by atomic mass is 32.1. The highest BCUT2D eigenvalue weighted by molar-refractivity contribution is 7.09. The molecule has 0 bridgehead atoms. The van der Waals surface area contributed by atoms with Gasteiger partial charge in [-0.1, -0.05) is 6.07 Å². The summed E-state index contributed by atoms with van der Waals surface area (Å²) in [6, 6.07) is 4.55. The van der Waals surface area contributed by atoms with Gasteiger partial charge in [0.2, 0.25) is 0 Å². The number of pyridine rings is 1. The van der Waals surface area contributed by atoms with Crippen molar-refractivity contribution in [1.29, 1.82) is 0 Å². The number of rotatable bonds is 4. The van der Waals surface area contributed by atoms with E-state index in [1.165, 1.54) is 0 Å². The van der Waals surface area contributed by atoms with Crippen LogP contribution in [-0.4, -0.2) is 11.6 Å². The zero-order chi connectivity index (χ0) is 12.3. The predicted molar refractivity (Wildman–Crippen MR) is 62.1 cm³/mol. The molecule has 17 heavy (non-hydrogen) atoms. The van der Waals surface area contributed by atoms with E-state index in [9.17, 15) is 8.78 Å². The van der Waals surface area contributed by atoms with Gasteiger partial charge in [-0.25, -0.2) is 8.78 Å². The Morgan fingerprint density at radius 2 is 2.18 bits per heavy atom. The molecule has 0 aliphatic carbocycles. The average molecular weight is 256 g/mol. The standard InChI is InChI=1S/C11H10F2N2OS/c12-8-6-9(13)11(15-10(8)14)16-4-3-7-2-1-5-17-7/h1-2,5-6H,3-4H2,(H2,14,15). The number of halogens is 2. The molecular formula is C11H10F2N2OS. The number of ether oxygens (including phenoxy) is 1. The molecule has 0 spiro atoms. The Labute approximate surface area is 101 Å². The number of thiophene rings is 1. The van der Waals surface area contributed by atoms with Gasteiger partial charge in [-0.3, -0.25) is 0 Å². The van der Waals surface area contributed by atoms with Gasteiger partial charge in [-0.2, -0.15) is 4.98 Å². The second kappa shape index (κ2) is 5.09. The Hall–Kier alpha value is -1.69. The largest absolute Gasteiger partial charge is 0.475 e. The lowest BCUT2D eigenvalue weighted by atomic mass is 10.3. The number of aromatic nitrogens is 1. The van der Waals surface area contributed by atoms with Crippen LogP contribution in [0.2, 0.25) is 0 Å². The number of nitrogens with two attached hydrogens (primary N) is 1. The molecule has 90 valence electrons. The van der Waals surface area contributed by atoms with Crippen molar-refractivity contribution in [2.75, 3.05) is 12.3 Å². The second-order valence-electron chi connectivity index (χ2n) is 3.32. The van der Waals surface area contributed by atoms with Crippen LogP contribution in [0.5, 0.6) is 5.88 Å². The van der Waals surface area contributed by atoms with E-state index in [2.05, 4.69) is 4.98 Å². The minimum Gasteiger partial charge on any atom is -0.475 e. The van der Waals surface area contributed by atoms with Gasteiger partial charge in [-0.15, -0.1) is 11.3 Å². The van der Waals surface area contributed by atoms with Crippen molar-refractivity contribution in [3.05, 3.63) is 40.1 Å². The molecule has 0 aromatic carbocycles. The maximum atomic E-state index is 13.2. The normalized spacial score (nSPS) is 10.5. The Balaban J connectivity index is 1.97. The summed E-state index contributed by atoms with van der Waals surface area (Å²) < 4.78 is 31.2. The number of nitrogens with zero attached hydrogens (tertiary/aromatic N) is 1. The van der Waals surface area contributed by atoms with Gasteiger partial charge in [-0.05, 0) is 11.4 Å². The van der Waals surface area contributed by atoms with Crippen LogP contribution in [-0.2, 0) is 6.42 Å². The molecule has 0 atom stereocenters. The monoisotopic (exact) mass is 256 g/mol. The van der Waals surface area contributed by atoms with Crippen molar-refractivity contribution in [1.82, 2.24) is 4.98 Å². The minimum atomic E-state index is -0.881. The van der Waals surface area contributed by atoms with Crippen molar-refractivity contribution >= 4 is 17.2 Å². The van der Waals surface area contributed by atoms with Crippen LogP contribution >= 0.6 is 11.3 Å². The van der Waals surface area contributed by atoms with E-state index in [0.717, 1.165) is 4.88 Å². The van der Waals surface area contributed by atoms with E-state index in [0.29, 0.717) is 12.5 Å². The first-order chi connectivity index (χ1) is 8.16. The fraction of sp³-hybridized carbons (Fsp3) is 0.182.